The second-order valence-corrected chi connectivity index (χ2v) is 10.4. The van der Waals surface area contributed by atoms with Gasteiger partial charge in [0.25, 0.3) is 10.1 Å². The molecule has 2 amide bonds. The molecule has 2 rings (SSSR count). The van der Waals surface area contributed by atoms with Gasteiger partial charge in [-0.25, -0.2) is 13.8 Å². The summed E-state index contributed by atoms with van der Waals surface area (Å²) >= 11 is 0. The highest BCUT2D eigenvalue weighted by Crippen LogP contribution is 2.23. The normalized spacial score (nSPS) is 24.1. The fourth-order valence-electron chi connectivity index (χ4n) is 3.48. The third kappa shape index (κ3) is 7.21. The van der Waals surface area contributed by atoms with Gasteiger partial charge in [-0.15, -0.1) is 0 Å². The van der Waals surface area contributed by atoms with Crippen molar-refractivity contribution in [1.29, 1.82) is 5.41 Å². The lowest BCUT2D eigenvalue weighted by Crippen LogP contribution is -2.56. The number of piperazine rings is 1. The zero-order chi connectivity index (χ0) is 23.6. The Morgan fingerprint density at radius 1 is 1.29 bits per heavy atom. The first kappa shape index (κ1) is 25.1. The molecule has 3 unspecified atom stereocenters. The van der Waals surface area contributed by atoms with Crippen LogP contribution in [-0.2, 0) is 23.8 Å². The van der Waals surface area contributed by atoms with Gasteiger partial charge in [0.1, 0.15) is 11.4 Å². The van der Waals surface area contributed by atoms with Gasteiger partial charge in [-0.1, -0.05) is 0 Å². The number of rotatable bonds is 7. The molecule has 0 saturated carbocycles. The largest absolute Gasteiger partial charge is 0.444 e. The van der Waals surface area contributed by atoms with E-state index < -0.39 is 40.2 Å². The minimum Gasteiger partial charge on any atom is -0.444 e. The fourth-order valence-corrected chi connectivity index (χ4v) is 4.03. The van der Waals surface area contributed by atoms with E-state index in [0.717, 1.165) is 6.26 Å². The summed E-state index contributed by atoms with van der Waals surface area (Å²) in [5.74, 6) is -0.0464. The second kappa shape index (κ2) is 9.57. The number of amides is 2. The van der Waals surface area contributed by atoms with E-state index in [-0.39, 0.29) is 18.5 Å². The molecule has 2 heterocycles. The van der Waals surface area contributed by atoms with E-state index in [9.17, 15) is 18.0 Å². The van der Waals surface area contributed by atoms with Crippen LogP contribution in [0.4, 0.5) is 9.59 Å². The highest BCUT2D eigenvalue weighted by Gasteiger charge is 2.42. The number of hydrogen-bond acceptors (Lipinski definition) is 9. The Kier molecular flexibility index (Phi) is 7.76. The van der Waals surface area contributed by atoms with Gasteiger partial charge in [-0.2, -0.15) is 8.42 Å². The molecule has 0 radical (unpaired) electrons. The molecule has 3 atom stereocenters. The molecular weight excluding hydrogens is 430 g/mol. The van der Waals surface area contributed by atoms with Crippen molar-refractivity contribution in [3.8, 4) is 0 Å². The lowest BCUT2D eigenvalue weighted by atomic mass is 10.1. The molecule has 13 heteroatoms. The molecule has 0 aromatic heterocycles. The van der Waals surface area contributed by atoms with Gasteiger partial charge in [-0.3, -0.25) is 15.2 Å². The average molecular weight is 464 g/mol. The maximum Gasteiger partial charge on any atom is 0.412 e. The smallest absolute Gasteiger partial charge is 0.412 e. The number of carbonyl (C=O) groups is 2. The van der Waals surface area contributed by atoms with Crippen molar-refractivity contribution in [2.24, 2.45) is 5.73 Å². The SMILES string of the molecule is CC1C(OS(C)(=O)=O)OC(=O)N1CCC(C(=N)N)N1CCN(C(=O)OC(C)(C)C)CC1. The Morgan fingerprint density at radius 3 is 2.35 bits per heavy atom. The first-order valence-electron chi connectivity index (χ1n) is 10.1. The number of nitrogens with one attached hydrogen (secondary N) is 1. The summed E-state index contributed by atoms with van der Waals surface area (Å²) in [6.07, 6.45) is -1.03. The maximum atomic E-state index is 12.2. The number of nitrogens with two attached hydrogens (primary N) is 1. The van der Waals surface area contributed by atoms with Crippen LogP contribution in [0.15, 0.2) is 0 Å². The van der Waals surface area contributed by atoms with Crippen LogP contribution in [0.3, 0.4) is 0 Å². The molecule has 178 valence electrons. The number of carbonyl (C=O) groups excluding carboxylic acids is 2. The number of hydrogen-bond donors (Lipinski definition) is 2. The van der Waals surface area contributed by atoms with E-state index in [2.05, 4.69) is 0 Å². The zero-order valence-corrected chi connectivity index (χ0v) is 19.5. The molecule has 0 spiro atoms. The summed E-state index contributed by atoms with van der Waals surface area (Å²) in [6, 6.07) is -1.05. The lowest BCUT2D eigenvalue weighted by molar-refractivity contribution is -0.00751. The molecule has 0 aromatic carbocycles. The van der Waals surface area contributed by atoms with E-state index >= 15 is 0 Å². The second-order valence-electron chi connectivity index (χ2n) is 8.75. The van der Waals surface area contributed by atoms with Crippen LogP contribution in [0, 0.1) is 5.41 Å². The number of cyclic esters (lactones) is 1. The lowest BCUT2D eigenvalue weighted by Gasteiger charge is -2.39. The van der Waals surface area contributed by atoms with E-state index in [1.165, 1.54) is 4.90 Å². The fraction of sp³-hybridized carbons (Fsp3) is 0.833. The van der Waals surface area contributed by atoms with E-state index in [0.29, 0.717) is 32.6 Å². The van der Waals surface area contributed by atoms with E-state index in [1.54, 1.807) is 11.8 Å². The zero-order valence-electron chi connectivity index (χ0n) is 18.7. The molecule has 12 nitrogen and oxygen atoms in total. The van der Waals surface area contributed by atoms with Crippen LogP contribution in [-0.4, -0.2) is 104 Å². The first-order valence-corrected chi connectivity index (χ1v) is 11.9. The minimum atomic E-state index is -3.78. The van der Waals surface area contributed by atoms with Gasteiger partial charge < -0.3 is 20.1 Å². The average Bonchev–Trinajstić information content (AvgIpc) is 2.86. The highest BCUT2D eigenvalue weighted by atomic mass is 32.2. The molecule has 0 aliphatic carbocycles. The summed E-state index contributed by atoms with van der Waals surface area (Å²) in [5.41, 5.74) is 5.23. The summed E-state index contributed by atoms with van der Waals surface area (Å²) in [4.78, 5) is 29.3. The predicted molar refractivity (Wildman–Crippen MR) is 112 cm³/mol. The predicted octanol–water partition coefficient (Wildman–Crippen LogP) is 0.377. The van der Waals surface area contributed by atoms with Crippen molar-refractivity contribution in [1.82, 2.24) is 14.7 Å². The van der Waals surface area contributed by atoms with Crippen LogP contribution >= 0.6 is 0 Å². The Labute approximate surface area is 183 Å². The highest BCUT2D eigenvalue weighted by molar-refractivity contribution is 7.86. The first-order chi connectivity index (χ1) is 14.2. The van der Waals surface area contributed by atoms with Crippen molar-refractivity contribution < 1.29 is 31.7 Å². The van der Waals surface area contributed by atoms with Crippen molar-refractivity contribution >= 4 is 28.1 Å². The molecule has 2 saturated heterocycles. The molecule has 0 aromatic rings. The van der Waals surface area contributed by atoms with Crippen molar-refractivity contribution in [3.63, 3.8) is 0 Å². The van der Waals surface area contributed by atoms with Gasteiger partial charge in [0.05, 0.1) is 18.3 Å². The summed E-state index contributed by atoms with van der Waals surface area (Å²) in [5, 5.41) is 7.97. The summed E-state index contributed by atoms with van der Waals surface area (Å²) in [7, 11) is -3.78. The Bertz CT molecular complexity index is 790. The molecule has 2 aliphatic rings. The van der Waals surface area contributed by atoms with Gasteiger partial charge in [0, 0.05) is 32.7 Å². The number of amidine groups is 1. The van der Waals surface area contributed by atoms with Gasteiger partial charge in [0.15, 0.2) is 0 Å². The minimum absolute atomic E-state index is 0.0464. The number of ether oxygens (including phenoxy) is 2. The van der Waals surface area contributed by atoms with E-state index in [4.69, 9.17) is 24.8 Å². The number of nitrogens with zero attached hydrogens (tertiary/aromatic N) is 3. The van der Waals surface area contributed by atoms with Crippen molar-refractivity contribution in [2.45, 2.75) is 58.1 Å². The topological polar surface area (TPSA) is 156 Å². The third-order valence-corrected chi connectivity index (χ3v) is 5.56. The summed E-state index contributed by atoms with van der Waals surface area (Å²) < 4.78 is 37.9. The van der Waals surface area contributed by atoms with E-state index in [1.807, 2.05) is 25.7 Å². The summed E-state index contributed by atoms with van der Waals surface area (Å²) in [6.45, 7) is 9.14. The van der Waals surface area contributed by atoms with Crippen LogP contribution < -0.4 is 5.73 Å². The molecule has 0 bridgehead atoms. The Morgan fingerprint density at radius 2 is 1.87 bits per heavy atom. The molecule has 3 N–H and O–H groups in total. The molecule has 2 fully saturated rings. The Hall–Kier alpha value is -2.12. The quantitative estimate of drug-likeness (QED) is 0.309. The Balaban J connectivity index is 1.92. The van der Waals surface area contributed by atoms with Crippen LogP contribution in [0.1, 0.15) is 34.1 Å². The molecular formula is C18H33N5O7S. The van der Waals surface area contributed by atoms with Crippen molar-refractivity contribution in [3.05, 3.63) is 0 Å². The monoisotopic (exact) mass is 463 g/mol. The molecule has 2 aliphatic heterocycles. The van der Waals surface area contributed by atoms with Gasteiger partial charge in [0.2, 0.25) is 6.29 Å². The van der Waals surface area contributed by atoms with Crippen molar-refractivity contribution in [2.75, 3.05) is 39.0 Å². The van der Waals surface area contributed by atoms with Crippen LogP contribution in [0.2, 0.25) is 0 Å². The molecule has 31 heavy (non-hydrogen) atoms. The third-order valence-electron chi connectivity index (χ3n) is 5.02. The van der Waals surface area contributed by atoms with Gasteiger partial charge in [-0.05, 0) is 34.1 Å². The standard InChI is InChI=1S/C18H33N5O7S/c1-12-15(30-31(5,26)27)28-17(25)23(12)7-6-13(14(19)20)21-8-10-22(11-9-21)16(24)29-18(2,3)4/h12-13,15H,6-11H2,1-5H3,(H3,19,20). The van der Waals surface area contributed by atoms with Crippen LogP contribution in [0.25, 0.3) is 0 Å². The van der Waals surface area contributed by atoms with Crippen LogP contribution in [0.5, 0.6) is 0 Å². The maximum absolute atomic E-state index is 12.2. The van der Waals surface area contributed by atoms with Gasteiger partial charge >= 0.3 is 12.2 Å².